The smallest absolute Gasteiger partial charge is 0.229 e. The van der Waals surface area contributed by atoms with Crippen molar-refractivity contribution >= 4 is 5.91 Å². The average molecular weight is 379 g/mol. The highest BCUT2D eigenvalue weighted by molar-refractivity contribution is 5.83. The molecule has 148 valence electrons. The van der Waals surface area contributed by atoms with Gasteiger partial charge in [0, 0.05) is 38.2 Å². The van der Waals surface area contributed by atoms with Crippen LogP contribution in [0, 0.1) is 11.3 Å². The fourth-order valence-corrected chi connectivity index (χ4v) is 4.78. The number of hydrogen-bond acceptors (Lipinski definition) is 3. The number of piperidine rings is 1. The molecule has 4 rings (SSSR count). The fraction of sp³-hybridized carbons (Fsp3) is 0.500. The number of aromatic nitrogens is 1. The fourth-order valence-electron chi connectivity index (χ4n) is 4.78. The Morgan fingerprint density at radius 3 is 2.64 bits per heavy atom. The Bertz CT molecular complexity index is 757. The maximum atomic E-state index is 13.7. The second kappa shape index (κ2) is 8.87. The van der Waals surface area contributed by atoms with E-state index < -0.39 is 0 Å². The number of carbonyl (C=O) groups is 1. The van der Waals surface area contributed by atoms with Gasteiger partial charge < -0.3 is 9.64 Å². The molecule has 0 spiro atoms. The number of ether oxygens (including phenoxy) is 1. The SMILES string of the molecule is O=C(N1CCCC(Cc2ccccn2)C1)C1(Cc2ccccc2)CCOCC1. The van der Waals surface area contributed by atoms with Crippen molar-refractivity contribution in [1.82, 2.24) is 9.88 Å². The standard InChI is InChI=1S/C24H30N2O2/c27-23(24(11-15-28-16-12-24)18-20-7-2-1-3-8-20)26-14-6-9-21(19-26)17-22-10-4-5-13-25-22/h1-5,7-8,10,13,21H,6,9,11-12,14-19H2. The van der Waals surface area contributed by atoms with Gasteiger partial charge in [0.1, 0.15) is 0 Å². The molecule has 3 heterocycles. The first-order chi connectivity index (χ1) is 13.8. The first-order valence-electron chi connectivity index (χ1n) is 10.6. The molecule has 2 saturated heterocycles. The van der Waals surface area contributed by atoms with Crippen LogP contribution in [0.15, 0.2) is 54.7 Å². The minimum atomic E-state index is -0.313. The van der Waals surface area contributed by atoms with E-state index in [0.717, 1.165) is 50.9 Å². The summed E-state index contributed by atoms with van der Waals surface area (Å²) in [5.74, 6) is 0.839. The van der Waals surface area contributed by atoms with Gasteiger partial charge in [-0.25, -0.2) is 0 Å². The van der Waals surface area contributed by atoms with Gasteiger partial charge in [-0.2, -0.15) is 0 Å². The predicted molar refractivity (Wildman–Crippen MR) is 110 cm³/mol. The molecule has 1 amide bonds. The summed E-state index contributed by atoms with van der Waals surface area (Å²) in [4.78, 5) is 20.4. The van der Waals surface area contributed by atoms with Crippen molar-refractivity contribution in [3.8, 4) is 0 Å². The van der Waals surface area contributed by atoms with E-state index in [1.807, 2.05) is 24.4 Å². The van der Waals surface area contributed by atoms with E-state index >= 15 is 0 Å². The molecule has 1 atom stereocenters. The van der Waals surface area contributed by atoms with Gasteiger partial charge >= 0.3 is 0 Å². The quantitative estimate of drug-likeness (QED) is 0.792. The molecule has 2 aliphatic heterocycles. The van der Waals surface area contributed by atoms with Crippen LogP contribution < -0.4 is 0 Å². The topological polar surface area (TPSA) is 42.4 Å². The lowest BCUT2D eigenvalue weighted by atomic mass is 9.73. The first kappa shape index (κ1) is 19.1. The molecule has 2 aromatic rings. The average Bonchev–Trinajstić information content (AvgIpc) is 2.75. The predicted octanol–water partition coefficient (Wildman–Crippen LogP) is 3.90. The Hall–Kier alpha value is -2.20. The van der Waals surface area contributed by atoms with Gasteiger partial charge in [0.15, 0.2) is 0 Å². The van der Waals surface area contributed by atoms with Crippen LogP contribution in [0.4, 0.5) is 0 Å². The maximum Gasteiger partial charge on any atom is 0.229 e. The van der Waals surface area contributed by atoms with E-state index in [9.17, 15) is 4.79 Å². The van der Waals surface area contributed by atoms with Crippen molar-refractivity contribution < 1.29 is 9.53 Å². The number of rotatable bonds is 5. The van der Waals surface area contributed by atoms with Crippen molar-refractivity contribution in [3.05, 3.63) is 66.0 Å². The molecule has 0 aliphatic carbocycles. The first-order valence-corrected chi connectivity index (χ1v) is 10.6. The lowest BCUT2D eigenvalue weighted by Gasteiger charge is -2.42. The highest BCUT2D eigenvalue weighted by atomic mass is 16.5. The number of pyridine rings is 1. The molecule has 0 bridgehead atoms. The molecule has 0 saturated carbocycles. The van der Waals surface area contributed by atoms with E-state index in [-0.39, 0.29) is 5.41 Å². The van der Waals surface area contributed by atoms with Crippen LogP contribution >= 0.6 is 0 Å². The molecular formula is C24H30N2O2. The highest BCUT2D eigenvalue weighted by Gasteiger charge is 2.43. The lowest BCUT2D eigenvalue weighted by Crippen LogP contribution is -2.51. The van der Waals surface area contributed by atoms with E-state index in [4.69, 9.17) is 4.74 Å². The summed E-state index contributed by atoms with van der Waals surface area (Å²) in [6.45, 7) is 3.11. The van der Waals surface area contributed by atoms with E-state index in [2.05, 4.69) is 40.2 Å². The van der Waals surface area contributed by atoms with E-state index in [1.165, 1.54) is 12.0 Å². The molecule has 1 unspecified atom stereocenters. The van der Waals surface area contributed by atoms with E-state index in [1.54, 1.807) is 0 Å². The minimum Gasteiger partial charge on any atom is -0.381 e. The van der Waals surface area contributed by atoms with Gasteiger partial charge in [0.2, 0.25) is 5.91 Å². The number of hydrogen-bond donors (Lipinski definition) is 0. The Kier molecular flexibility index (Phi) is 6.06. The van der Waals surface area contributed by atoms with Crippen LogP contribution in [0.1, 0.15) is 36.9 Å². The summed E-state index contributed by atoms with van der Waals surface area (Å²) >= 11 is 0. The summed E-state index contributed by atoms with van der Waals surface area (Å²) < 4.78 is 5.62. The normalized spacial score (nSPS) is 22.0. The van der Waals surface area contributed by atoms with Crippen LogP contribution in [-0.2, 0) is 22.4 Å². The second-order valence-electron chi connectivity index (χ2n) is 8.34. The minimum absolute atomic E-state index is 0.313. The Morgan fingerprint density at radius 2 is 1.89 bits per heavy atom. The third-order valence-corrected chi connectivity index (χ3v) is 6.32. The number of likely N-dealkylation sites (tertiary alicyclic amines) is 1. The molecule has 28 heavy (non-hydrogen) atoms. The zero-order valence-electron chi connectivity index (χ0n) is 16.6. The number of benzene rings is 1. The lowest BCUT2D eigenvalue weighted by molar-refractivity contribution is -0.150. The van der Waals surface area contributed by atoms with Crippen LogP contribution in [0.2, 0.25) is 0 Å². The maximum absolute atomic E-state index is 13.7. The van der Waals surface area contributed by atoms with Crippen molar-refractivity contribution in [3.63, 3.8) is 0 Å². The Labute approximate surface area is 167 Å². The van der Waals surface area contributed by atoms with Crippen molar-refractivity contribution in [2.45, 2.75) is 38.5 Å². The van der Waals surface area contributed by atoms with Gasteiger partial charge in [-0.1, -0.05) is 36.4 Å². The largest absolute Gasteiger partial charge is 0.381 e. The molecule has 1 aromatic heterocycles. The molecule has 2 fully saturated rings. The second-order valence-corrected chi connectivity index (χ2v) is 8.34. The van der Waals surface area contributed by atoms with Crippen molar-refractivity contribution in [1.29, 1.82) is 0 Å². The summed E-state index contributed by atoms with van der Waals surface area (Å²) in [6, 6.07) is 16.6. The molecular weight excluding hydrogens is 348 g/mol. The zero-order chi connectivity index (χ0) is 19.2. The molecule has 1 aromatic carbocycles. The number of carbonyl (C=O) groups excluding carboxylic acids is 1. The van der Waals surface area contributed by atoms with Crippen LogP contribution in [0.5, 0.6) is 0 Å². The van der Waals surface area contributed by atoms with Gasteiger partial charge in [0.25, 0.3) is 0 Å². The summed E-state index contributed by atoms with van der Waals surface area (Å²) in [5.41, 5.74) is 2.07. The van der Waals surface area contributed by atoms with Gasteiger partial charge in [-0.3, -0.25) is 9.78 Å². The third kappa shape index (κ3) is 4.44. The summed E-state index contributed by atoms with van der Waals surface area (Å²) in [7, 11) is 0. The number of nitrogens with zero attached hydrogens (tertiary/aromatic N) is 2. The van der Waals surface area contributed by atoms with Crippen molar-refractivity contribution in [2.24, 2.45) is 11.3 Å². The summed E-state index contributed by atoms with van der Waals surface area (Å²) in [5, 5.41) is 0. The highest BCUT2D eigenvalue weighted by Crippen LogP contribution is 2.37. The van der Waals surface area contributed by atoms with Crippen LogP contribution in [0.25, 0.3) is 0 Å². The molecule has 0 N–H and O–H groups in total. The summed E-state index contributed by atoms with van der Waals surface area (Å²) in [6.07, 6.45) is 7.54. The molecule has 0 radical (unpaired) electrons. The van der Waals surface area contributed by atoms with Crippen LogP contribution in [0.3, 0.4) is 0 Å². The van der Waals surface area contributed by atoms with Gasteiger partial charge in [-0.05, 0) is 62.1 Å². The Morgan fingerprint density at radius 1 is 1.11 bits per heavy atom. The van der Waals surface area contributed by atoms with Gasteiger partial charge in [0.05, 0.1) is 5.41 Å². The zero-order valence-corrected chi connectivity index (χ0v) is 16.6. The third-order valence-electron chi connectivity index (χ3n) is 6.32. The van der Waals surface area contributed by atoms with Gasteiger partial charge in [-0.15, -0.1) is 0 Å². The molecule has 4 heteroatoms. The molecule has 2 aliphatic rings. The van der Waals surface area contributed by atoms with Crippen molar-refractivity contribution in [2.75, 3.05) is 26.3 Å². The Balaban J connectivity index is 1.48. The van der Waals surface area contributed by atoms with Crippen LogP contribution in [-0.4, -0.2) is 42.1 Å². The monoisotopic (exact) mass is 378 g/mol. The molecule has 4 nitrogen and oxygen atoms in total. The van der Waals surface area contributed by atoms with E-state index in [0.29, 0.717) is 25.0 Å². The number of amides is 1.